The molecular weight excluding hydrogens is 511 g/mol. The van der Waals surface area contributed by atoms with Crippen LogP contribution >= 0.6 is 0 Å². The van der Waals surface area contributed by atoms with Crippen LogP contribution in [0.25, 0.3) is 11.1 Å². The first-order valence-corrected chi connectivity index (χ1v) is 12.3. The summed E-state index contributed by atoms with van der Waals surface area (Å²) in [7, 11) is 4.57. The van der Waals surface area contributed by atoms with Gasteiger partial charge in [0.1, 0.15) is 17.3 Å². The van der Waals surface area contributed by atoms with Crippen LogP contribution in [-0.2, 0) is 32.7 Å². The lowest BCUT2D eigenvalue weighted by atomic mass is 9.88. The van der Waals surface area contributed by atoms with Crippen molar-refractivity contribution in [2.75, 3.05) is 20.8 Å². The van der Waals surface area contributed by atoms with Gasteiger partial charge in [0, 0.05) is 62.5 Å². The molecule has 0 spiro atoms. The predicted octanol–water partition coefficient (Wildman–Crippen LogP) is 4.87. The largest absolute Gasteiger partial charge is 0.497 e. The second-order valence-electron chi connectivity index (χ2n) is 9.53. The molecule has 8 nitrogen and oxygen atoms in total. The highest BCUT2D eigenvalue weighted by molar-refractivity contribution is 5.99. The lowest BCUT2D eigenvalue weighted by Crippen LogP contribution is -2.37. The highest BCUT2D eigenvalue weighted by Crippen LogP contribution is 2.40. The number of imidazole rings is 1. The van der Waals surface area contributed by atoms with Crippen LogP contribution in [-0.4, -0.2) is 50.9 Å². The minimum Gasteiger partial charge on any atom is -0.497 e. The van der Waals surface area contributed by atoms with E-state index in [1.165, 1.54) is 13.2 Å². The molecule has 1 aliphatic heterocycles. The summed E-state index contributed by atoms with van der Waals surface area (Å²) < 4.78 is 55.6. The van der Waals surface area contributed by atoms with Crippen molar-refractivity contribution >= 4 is 5.91 Å². The maximum Gasteiger partial charge on any atom is 0.435 e. The number of benzene rings is 2. The summed E-state index contributed by atoms with van der Waals surface area (Å²) in [5.74, 6) is 1.71. The molecule has 1 amide bonds. The maximum atomic E-state index is 14.0. The number of rotatable bonds is 7. The Kier molecular flexibility index (Phi) is 6.83. The molecule has 0 N–H and O–H groups in total. The average Bonchev–Trinajstić information content (AvgIpc) is 3.50. The number of fused-ring (bicyclic) bond motifs is 1. The van der Waals surface area contributed by atoms with E-state index in [-0.39, 0.29) is 11.5 Å². The number of methoxy groups -OCH3 is 2. The van der Waals surface area contributed by atoms with Crippen molar-refractivity contribution in [3.63, 3.8) is 0 Å². The molecule has 0 bridgehead atoms. The number of carbonyl (C=O) groups excluding carboxylic acids is 1. The molecule has 39 heavy (non-hydrogen) atoms. The summed E-state index contributed by atoms with van der Waals surface area (Å²) in [6.45, 7) is 2.85. The Morgan fingerprint density at radius 2 is 1.62 bits per heavy atom. The number of alkyl halides is 3. The van der Waals surface area contributed by atoms with Crippen molar-refractivity contribution in [2.24, 2.45) is 7.05 Å². The molecule has 4 aromatic rings. The van der Waals surface area contributed by atoms with Gasteiger partial charge in [-0.3, -0.25) is 9.48 Å². The molecule has 0 saturated heterocycles. The van der Waals surface area contributed by atoms with E-state index in [0.29, 0.717) is 59.8 Å². The van der Waals surface area contributed by atoms with E-state index in [4.69, 9.17) is 9.47 Å². The summed E-state index contributed by atoms with van der Waals surface area (Å²) in [5, 5.41) is 3.71. The fourth-order valence-electron chi connectivity index (χ4n) is 5.03. The van der Waals surface area contributed by atoms with Gasteiger partial charge in [-0.25, -0.2) is 4.98 Å². The quantitative estimate of drug-likeness (QED) is 0.335. The first-order chi connectivity index (χ1) is 18.6. The fourth-order valence-corrected chi connectivity index (χ4v) is 5.03. The zero-order chi connectivity index (χ0) is 27.9. The van der Waals surface area contributed by atoms with Crippen LogP contribution in [0.4, 0.5) is 13.2 Å². The number of hydrogen-bond donors (Lipinski definition) is 0. The Labute approximate surface area is 223 Å². The van der Waals surface area contributed by atoms with Crippen LogP contribution in [0.3, 0.4) is 0 Å². The summed E-state index contributed by atoms with van der Waals surface area (Å²) in [6, 6.07) is 8.93. The van der Waals surface area contributed by atoms with E-state index in [0.717, 1.165) is 16.1 Å². The molecular formula is C28H28F3N5O3. The van der Waals surface area contributed by atoms with E-state index < -0.39 is 11.9 Å². The zero-order valence-corrected chi connectivity index (χ0v) is 22.0. The van der Waals surface area contributed by atoms with Gasteiger partial charge in [0.05, 0.1) is 14.2 Å². The minimum absolute atomic E-state index is 0.0377. The summed E-state index contributed by atoms with van der Waals surface area (Å²) in [5.41, 5.74) is 1.85. The van der Waals surface area contributed by atoms with Gasteiger partial charge in [0.25, 0.3) is 5.91 Å². The second kappa shape index (κ2) is 10.1. The van der Waals surface area contributed by atoms with Crippen LogP contribution in [0, 0.1) is 6.92 Å². The van der Waals surface area contributed by atoms with Crippen molar-refractivity contribution in [1.82, 2.24) is 24.2 Å². The Balaban J connectivity index is 1.59. The molecule has 0 atom stereocenters. The molecule has 2 aromatic carbocycles. The molecule has 3 heterocycles. The monoisotopic (exact) mass is 539 g/mol. The fraction of sp³-hybridized carbons (Fsp3) is 0.321. The van der Waals surface area contributed by atoms with Gasteiger partial charge in [0.2, 0.25) is 0 Å². The number of halogens is 3. The standard InChI is InChI=1S/C28H28F3N5O3/c1-17-32-6-8-35(17)14-19-11-23(25-16-34(2)33-26(25)28(29,30)31)22-5-7-36(27(37)24(22)12-19)15-18-9-20(38-3)13-21(10-18)39-4/h6,8-13,16H,5,7,14-15H2,1-4H3. The Morgan fingerprint density at radius 3 is 2.23 bits per heavy atom. The number of amides is 1. The molecule has 0 radical (unpaired) electrons. The van der Waals surface area contributed by atoms with E-state index >= 15 is 0 Å². The lowest BCUT2D eigenvalue weighted by Gasteiger charge is -2.31. The molecule has 0 aliphatic carbocycles. The number of aryl methyl sites for hydroxylation is 2. The van der Waals surface area contributed by atoms with Crippen molar-refractivity contribution in [1.29, 1.82) is 0 Å². The Bertz CT molecular complexity index is 1520. The van der Waals surface area contributed by atoms with Crippen LogP contribution in [0.5, 0.6) is 11.5 Å². The van der Waals surface area contributed by atoms with Crippen molar-refractivity contribution in [3.8, 4) is 22.6 Å². The van der Waals surface area contributed by atoms with Crippen molar-refractivity contribution in [2.45, 2.75) is 32.6 Å². The zero-order valence-electron chi connectivity index (χ0n) is 22.0. The summed E-state index contributed by atoms with van der Waals surface area (Å²) in [4.78, 5) is 19.8. The summed E-state index contributed by atoms with van der Waals surface area (Å²) in [6.07, 6.45) is 0.575. The van der Waals surface area contributed by atoms with Gasteiger partial charge in [-0.05, 0) is 59.9 Å². The number of hydrogen-bond acceptors (Lipinski definition) is 5. The van der Waals surface area contributed by atoms with Gasteiger partial charge >= 0.3 is 6.18 Å². The number of aromatic nitrogens is 4. The van der Waals surface area contributed by atoms with Crippen molar-refractivity contribution < 1.29 is 27.4 Å². The van der Waals surface area contributed by atoms with Crippen molar-refractivity contribution in [3.05, 3.63) is 82.7 Å². The highest BCUT2D eigenvalue weighted by atomic mass is 19.4. The molecule has 0 fully saturated rings. The smallest absolute Gasteiger partial charge is 0.435 e. The summed E-state index contributed by atoms with van der Waals surface area (Å²) >= 11 is 0. The van der Waals surface area contributed by atoms with Crippen LogP contribution < -0.4 is 9.47 Å². The first-order valence-electron chi connectivity index (χ1n) is 12.3. The van der Waals surface area contributed by atoms with Crippen LogP contribution in [0.2, 0.25) is 0 Å². The third-order valence-corrected chi connectivity index (χ3v) is 6.91. The second-order valence-corrected chi connectivity index (χ2v) is 9.53. The maximum absolute atomic E-state index is 14.0. The Morgan fingerprint density at radius 1 is 0.949 bits per heavy atom. The van der Waals surface area contributed by atoms with E-state index in [1.54, 1.807) is 49.7 Å². The van der Waals surface area contributed by atoms with Gasteiger partial charge in [0.15, 0.2) is 5.69 Å². The van der Waals surface area contributed by atoms with Gasteiger partial charge in [-0.15, -0.1) is 0 Å². The lowest BCUT2D eigenvalue weighted by molar-refractivity contribution is -0.140. The van der Waals surface area contributed by atoms with E-state index in [1.807, 2.05) is 23.6 Å². The predicted molar refractivity (Wildman–Crippen MR) is 138 cm³/mol. The number of ether oxygens (including phenoxy) is 2. The molecule has 204 valence electrons. The van der Waals surface area contributed by atoms with Gasteiger partial charge < -0.3 is 18.9 Å². The molecule has 1 aliphatic rings. The van der Waals surface area contributed by atoms with E-state index in [2.05, 4.69) is 10.1 Å². The van der Waals surface area contributed by atoms with Gasteiger partial charge in [-0.1, -0.05) is 0 Å². The molecule has 11 heteroatoms. The third-order valence-electron chi connectivity index (χ3n) is 6.91. The highest BCUT2D eigenvalue weighted by Gasteiger charge is 2.39. The minimum atomic E-state index is -4.64. The first kappa shape index (κ1) is 26.3. The molecule has 5 rings (SSSR count). The van der Waals surface area contributed by atoms with Gasteiger partial charge in [-0.2, -0.15) is 18.3 Å². The molecule has 0 unspecified atom stereocenters. The molecule has 0 saturated carbocycles. The van der Waals surface area contributed by atoms with Crippen LogP contribution in [0.15, 0.2) is 48.9 Å². The number of carbonyl (C=O) groups is 1. The topological polar surface area (TPSA) is 74.4 Å². The number of nitrogens with zero attached hydrogens (tertiary/aromatic N) is 5. The SMILES string of the molecule is COc1cc(CN2CCc3c(cc(Cn4ccnc4C)cc3-c3cn(C)nc3C(F)(F)F)C2=O)cc(OC)c1. The average molecular weight is 540 g/mol. The third kappa shape index (κ3) is 5.21. The van der Waals surface area contributed by atoms with Crippen LogP contribution in [0.1, 0.15) is 38.6 Å². The Hall–Kier alpha value is -4.28. The van der Waals surface area contributed by atoms with E-state index in [9.17, 15) is 18.0 Å². The normalized spacial score (nSPS) is 13.5. The molecule has 2 aromatic heterocycles.